The third kappa shape index (κ3) is 8.76. The van der Waals surface area contributed by atoms with Crippen molar-refractivity contribution in [3.8, 4) is 67.9 Å². The van der Waals surface area contributed by atoms with Gasteiger partial charge >= 0.3 is 0 Å². The Labute approximate surface area is 334 Å². The molecule has 0 aliphatic carbocycles. The molecule has 7 aromatic rings. The lowest BCUT2D eigenvalue weighted by Crippen LogP contribution is -2.34. The molecule has 0 spiro atoms. The second kappa shape index (κ2) is 15.8. The van der Waals surface area contributed by atoms with Crippen molar-refractivity contribution >= 4 is 0 Å². The first kappa shape index (κ1) is 38.6. The molecule has 0 aliphatic rings. The Hall–Kier alpha value is -6.66. The zero-order valence-electron chi connectivity index (χ0n) is 32.4. The van der Waals surface area contributed by atoms with Crippen LogP contribution in [-0.4, -0.2) is 30.6 Å². The summed E-state index contributed by atoms with van der Waals surface area (Å²) in [6, 6.07) is 48.3. The van der Waals surface area contributed by atoms with Crippen molar-refractivity contribution in [2.75, 3.05) is 0 Å². The first-order chi connectivity index (χ1) is 27.3. The quantitative estimate of drug-likeness (QED) is 0.0738. The summed E-state index contributed by atoms with van der Waals surface area (Å²) in [4.78, 5) is 0. The normalized spacial score (nSPS) is 13.2. The highest BCUT2D eigenvalue weighted by molar-refractivity contribution is 5.85. The number of hydrogen-bond donors (Lipinski definition) is 6. The highest BCUT2D eigenvalue weighted by atomic mass is 16.3. The molecule has 0 bridgehead atoms. The number of phenolic OH excluding ortho intramolecular Hbond substituents is 6. The van der Waals surface area contributed by atoms with E-state index in [4.69, 9.17) is 0 Å². The van der Waals surface area contributed by atoms with Crippen LogP contribution in [0.15, 0.2) is 158 Å². The smallest absolute Gasteiger partial charge is 0.115 e. The van der Waals surface area contributed by atoms with Crippen molar-refractivity contribution in [2.24, 2.45) is 0 Å². The van der Waals surface area contributed by atoms with Gasteiger partial charge in [0.25, 0.3) is 0 Å². The molecule has 0 amide bonds. The molecule has 0 saturated heterocycles. The van der Waals surface area contributed by atoms with E-state index in [0.29, 0.717) is 12.8 Å². The van der Waals surface area contributed by atoms with Crippen molar-refractivity contribution in [1.82, 2.24) is 0 Å². The topological polar surface area (TPSA) is 121 Å². The Bertz CT molecular complexity index is 2370. The zero-order valence-corrected chi connectivity index (χ0v) is 32.4. The van der Waals surface area contributed by atoms with Gasteiger partial charge in [-0.25, -0.2) is 0 Å². The Kier molecular flexibility index (Phi) is 10.7. The number of phenols is 6. The highest BCUT2D eigenvalue weighted by Gasteiger charge is 2.38. The van der Waals surface area contributed by atoms with Crippen LogP contribution in [0.1, 0.15) is 61.8 Å². The van der Waals surface area contributed by atoms with Gasteiger partial charge in [-0.3, -0.25) is 0 Å². The minimum atomic E-state index is -0.443. The van der Waals surface area contributed by atoms with Crippen molar-refractivity contribution in [3.63, 3.8) is 0 Å². The Morgan fingerprint density at radius 3 is 1.18 bits per heavy atom. The van der Waals surface area contributed by atoms with Gasteiger partial charge in [0.1, 0.15) is 34.5 Å². The van der Waals surface area contributed by atoms with Gasteiger partial charge < -0.3 is 30.6 Å². The van der Waals surface area contributed by atoms with E-state index >= 15 is 0 Å². The lowest BCUT2D eigenvalue weighted by Gasteiger charge is -2.41. The first-order valence-corrected chi connectivity index (χ1v) is 19.2. The maximum Gasteiger partial charge on any atom is 0.115 e. The molecule has 0 aliphatic heterocycles. The zero-order chi connectivity index (χ0) is 40.3. The van der Waals surface area contributed by atoms with Gasteiger partial charge in [-0.2, -0.15) is 0 Å². The number of aromatic hydroxyl groups is 6. The van der Waals surface area contributed by atoms with Crippen LogP contribution >= 0.6 is 0 Å². The maximum atomic E-state index is 10.5. The van der Waals surface area contributed by atoms with Crippen molar-refractivity contribution in [3.05, 3.63) is 180 Å². The molecule has 6 heteroatoms. The van der Waals surface area contributed by atoms with Gasteiger partial charge in [0, 0.05) is 0 Å². The number of benzene rings is 7. The van der Waals surface area contributed by atoms with E-state index in [1.807, 2.05) is 72.8 Å². The van der Waals surface area contributed by atoms with Crippen LogP contribution in [0.3, 0.4) is 0 Å². The average molecular weight is 757 g/mol. The molecule has 6 N–H and O–H groups in total. The molecular weight excluding hydrogens is 709 g/mol. The van der Waals surface area contributed by atoms with Gasteiger partial charge in [0.2, 0.25) is 0 Å². The second-order valence-corrected chi connectivity index (χ2v) is 16.1. The third-order valence-electron chi connectivity index (χ3n) is 11.4. The van der Waals surface area contributed by atoms with Crippen molar-refractivity contribution < 1.29 is 30.6 Å². The summed E-state index contributed by atoms with van der Waals surface area (Å²) in [6.07, 6.45) is 2.01. The summed E-state index contributed by atoms with van der Waals surface area (Å²) in [5.41, 5.74) is 9.19. The molecule has 2 unspecified atom stereocenters. The predicted octanol–water partition coefficient (Wildman–Crippen LogP) is 12.0. The van der Waals surface area contributed by atoms with Gasteiger partial charge in [0.15, 0.2) is 0 Å². The predicted molar refractivity (Wildman–Crippen MR) is 228 cm³/mol. The molecule has 288 valence electrons. The molecule has 0 heterocycles. The van der Waals surface area contributed by atoms with Crippen molar-refractivity contribution in [1.29, 1.82) is 0 Å². The van der Waals surface area contributed by atoms with Gasteiger partial charge in [-0.05, 0) is 177 Å². The average Bonchev–Trinajstić information content (AvgIpc) is 3.19. The summed E-state index contributed by atoms with van der Waals surface area (Å²) in [6.45, 7) is 6.73. The lowest BCUT2D eigenvalue weighted by atomic mass is 9.63. The van der Waals surface area contributed by atoms with E-state index in [1.165, 1.54) is 0 Å². The van der Waals surface area contributed by atoms with Crippen molar-refractivity contribution in [2.45, 2.75) is 56.8 Å². The largest absolute Gasteiger partial charge is 0.508 e. The molecule has 0 radical (unpaired) electrons. The molecule has 0 saturated carbocycles. The second-order valence-electron chi connectivity index (χ2n) is 16.1. The van der Waals surface area contributed by atoms with Crippen LogP contribution in [0.25, 0.3) is 33.4 Å². The molecule has 2 atom stereocenters. The Morgan fingerprint density at radius 1 is 0.404 bits per heavy atom. The van der Waals surface area contributed by atoms with Crippen LogP contribution in [0.4, 0.5) is 0 Å². The maximum absolute atomic E-state index is 10.5. The lowest BCUT2D eigenvalue weighted by molar-refractivity contribution is 0.288. The van der Waals surface area contributed by atoms with Crippen LogP contribution < -0.4 is 0 Å². The number of hydrogen-bond acceptors (Lipinski definition) is 6. The number of rotatable bonds is 12. The van der Waals surface area contributed by atoms with Gasteiger partial charge in [-0.15, -0.1) is 0 Å². The van der Waals surface area contributed by atoms with E-state index in [2.05, 4.69) is 32.9 Å². The summed E-state index contributed by atoms with van der Waals surface area (Å²) in [5, 5.41) is 61.8. The fourth-order valence-electron chi connectivity index (χ4n) is 8.50. The molecular formula is C51H48O6. The summed E-state index contributed by atoms with van der Waals surface area (Å²) in [5.74, 6) is 1.00. The van der Waals surface area contributed by atoms with E-state index in [9.17, 15) is 30.6 Å². The van der Waals surface area contributed by atoms with E-state index in [1.54, 1.807) is 72.8 Å². The van der Waals surface area contributed by atoms with E-state index in [0.717, 1.165) is 62.1 Å². The van der Waals surface area contributed by atoms with Gasteiger partial charge in [-0.1, -0.05) is 93.6 Å². The van der Waals surface area contributed by atoms with E-state index < -0.39 is 5.41 Å². The molecule has 0 fully saturated rings. The Morgan fingerprint density at radius 2 is 0.754 bits per heavy atom. The molecule has 7 rings (SSSR count). The van der Waals surface area contributed by atoms with Crippen LogP contribution in [0.2, 0.25) is 0 Å². The van der Waals surface area contributed by atoms with Crippen LogP contribution in [0.5, 0.6) is 34.5 Å². The fourth-order valence-corrected chi connectivity index (χ4v) is 8.50. The summed E-state index contributed by atoms with van der Waals surface area (Å²) < 4.78 is 0. The summed E-state index contributed by atoms with van der Waals surface area (Å²) in [7, 11) is 0. The standard InChI is InChI=1S/C51H48O6/c1-50(2,39-12-24-45(56)25-13-39)32-51(3,40-14-26-46(57)27-15-40)31-38(34-6-18-42(53)19-7-34)30-49-47(35-8-20-43(54)21-9-35)28-37(33-4-16-41(52)17-5-33)29-48(49)36-10-22-44(55)23-11-36/h4-29,38,52-57H,30-32H2,1-3H3. The molecule has 57 heavy (non-hydrogen) atoms. The van der Waals surface area contributed by atoms with Crippen LogP contribution in [0, 0.1) is 0 Å². The van der Waals surface area contributed by atoms with E-state index in [-0.39, 0.29) is 45.8 Å². The molecule has 7 aromatic carbocycles. The Balaban J connectivity index is 1.44. The van der Waals surface area contributed by atoms with Gasteiger partial charge in [0.05, 0.1) is 0 Å². The van der Waals surface area contributed by atoms with Crippen LogP contribution in [-0.2, 0) is 17.3 Å². The monoisotopic (exact) mass is 756 g/mol. The SMILES string of the molecule is CC(C)(CC(C)(CC(Cc1c(-c2ccc(O)cc2)cc(-c2ccc(O)cc2)cc1-c1ccc(O)cc1)c1ccc(O)cc1)c1ccc(O)cc1)c1ccc(O)cc1. The molecule has 0 aromatic heterocycles. The third-order valence-corrected chi connectivity index (χ3v) is 11.4. The summed E-state index contributed by atoms with van der Waals surface area (Å²) >= 11 is 0. The minimum absolute atomic E-state index is 0.0914. The first-order valence-electron chi connectivity index (χ1n) is 19.2. The minimum Gasteiger partial charge on any atom is -0.508 e. The molecule has 6 nitrogen and oxygen atoms in total. The highest BCUT2D eigenvalue weighted by Crippen LogP contribution is 2.48. The fraction of sp³-hybridized carbons (Fsp3) is 0.176.